The molecule has 2 saturated heterocycles. The van der Waals surface area contributed by atoms with Gasteiger partial charge in [-0.05, 0) is 35.3 Å². The second kappa shape index (κ2) is 5.01. The number of anilines is 2. The van der Waals surface area contributed by atoms with Crippen molar-refractivity contribution in [1.82, 2.24) is 14.9 Å². The van der Waals surface area contributed by atoms with Crippen molar-refractivity contribution in [2.45, 2.75) is 18.9 Å². The molecule has 18 heavy (non-hydrogen) atoms. The lowest BCUT2D eigenvalue weighted by Gasteiger charge is -2.38. The fourth-order valence-corrected chi connectivity index (χ4v) is 3.33. The zero-order chi connectivity index (χ0) is 12.5. The fourth-order valence-electron chi connectivity index (χ4n) is 2.88. The highest BCUT2D eigenvalue weighted by Crippen LogP contribution is 2.29. The molecule has 2 fully saturated rings. The van der Waals surface area contributed by atoms with Crippen molar-refractivity contribution in [3.8, 4) is 0 Å². The third-order valence-corrected chi connectivity index (χ3v) is 4.40. The summed E-state index contributed by atoms with van der Waals surface area (Å²) in [6, 6.07) is 0.707. The molecule has 0 bridgehead atoms. The van der Waals surface area contributed by atoms with E-state index in [4.69, 9.17) is 0 Å². The van der Waals surface area contributed by atoms with Crippen LogP contribution in [0.15, 0.2) is 10.7 Å². The summed E-state index contributed by atoms with van der Waals surface area (Å²) in [6.07, 6.45) is 4.48. The molecular formula is C12H18BrN5. The van der Waals surface area contributed by atoms with Crippen LogP contribution in [-0.2, 0) is 0 Å². The van der Waals surface area contributed by atoms with E-state index in [0.717, 1.165) is 29.9 Å². The summed E-state index contributed by atoms with van der Waals surface area (Å²) < 4.78 is 0.980. The number of piperazine rings is 1. The highest BCUT2D eigenvalue weighted by Gasteiger charge is 2.31. The van der Waals surface area contributed by atoms with Gasteiger partial charge in [0.25, 0.3) is 0 Å². The van der Waals surface area contributed by atoms with Gasteiger partial charge in [0, 0.05) is 38.9 Å². The van der Waals surface area contributed by atoms with Crippen molar-refractivity contribution in [3.05, 3.63) is 10.7 Å². The smallest absolute Gasteiger partial charge is 0.224 e. The van der Waals surface area contributed by atoms with E-state index in [9.17, 15) is 0 Å². The second-order valence-electron chi connectivity index (χ2n) is 4.89. The van der Waals surface area contributed by atoms with Crippen LogP contribution in [0.2, 0.25) is 0 Å². The first-order chi connectivity index (χ1) is 8.78. The van der Waals surface area contributed by atoms with E-state index in [1.165, 1.54) is 19.4 Å². The fraction of sp³-hybridized carbons (Fsp3) is 0.667. The van der Waals surface area contributed by atoms with Crippen LogP contribution in [0.5, 0.6) is 0 Å². The number of hydrogen-bond donors (Lipinski definition) is 1. The van der Waals surface area contributed by atoms with Gasteiger partial charge in [0.1, 0.15) is 5.82 Å². The van der Waals surface area contributed by atoms with Gasteiger partial charge in [-0.1, -0.05) is 0 Å². The van der Waals surface area contributed by atoms with E-state index in [1.54, 1.807) is 0 Å². The number of halogens is 1. The molecule has 0 aromatic carbocycles. The molecular weight excluding hydrogens is 294 g/mol. The molecule has 0 aliphatic carbocycles. The summed E-state index contributed by atoms with van der Waals surface area (Å²) in [5, 5.41) is 3.00. The van der Waals surface area contributed by atoms with E-state index in [-0.39, 0.29) is 0 Å². The predicted molar refractivity (Wildman–Crippen MR) is 76.1 cm³/mol. The maximum atomic E-state index is 4.57. The van der Waals surface area contributed by atoms with Gasteiger partial charge in [-0.25, -0.2) is 4.98 Å². The topological polar surface area (TPSA) is 44.3 Å². The Morgan fingerprint density at radius 3 is 3.11 bits per heavy atom. The highest BCUT2D eigenvalue weighted by atomic mass is 79.9. The van der Waals surface area contributed by atoms with Crippen LogP contribution < -0.4 is 10.2 Å². The van der Waals surface area contributed by atoms with Crippen LogP contribution in [0.1, 0.15) is 12.8 Å². The molecule has 1 atom stereocenters. The van der Waals surface area contributed by atoms with Gasteiger partial charge >= 0.3 is 0 Å². The Morgan fingerprint density at radius 2 is 2.28 bits per heavy atom. The molecule has 0 spiro atoms. The van der Waals surface area contributed by atoms with Crippen LogP contribution in [0.3, 0.4) is 0 Å². The highest BCUT2D eigenvalue weighted by molar-refractivity contribution is 9.10. The molecule has 1 N–H and O–H groups in total. The zero-order valence-corrected chi connectivity index (χ0v) is 12.2. The van der Waals surface area contributed by atoms with Crippen molar-refractivity contribution in [1.29, 1.82) is 0 Å². The summed E-state index contributed by atoms with van der Waals surface area (Å²) in [5.41, 5.74) is 0. The normalized spacial score (nSPS) is 24.1. The van der Waals surface area contributed by atoms with Gasteiger partial charge in [0.15, 0.2) is 0 Å². The summed E-state index contributed by atoms with van der Waals surface area (Å²) in [4.78, 5) is 13.8. The average molecular weight is 312 g/mol. The number of rotatable bonds is 2. The first-order valence-corrected chi connectivity index (χ1v) is 7.26. The number of hydrogen-bond acceptors (Lipinski definition) is 5. The van der Waals surface area contributed by atoms with Gasteiger partial charge in [0.05, 0.1) is 4.47 Å². The molecule has 1 aromatic heterocycles. The average Bonchev–Trinajstić information content (AvgIpc) is 2.86. The number of fused-ring (bicyclic) bond motifs is 1. The van der Waals surface area contributed by atoms with Crippen LogP contribution in [0, 0.1) is 0 Å². The molecule has 0 saturated carbocycles. The van der Waals surface area contributed by atoms with Gasteiger partial charge in [-0.15, -0.1) is 0 Å². The van der Waals surface area contributed by atoms with Gasteiger partial charge < -0.3 is 10.2 Å². The minimum atomic E-state index is 0.682. The van der Waals surface area contributed by atoms with Gasteiger partial charge in [-0.3, -0.25) is 4.90 Å². The Bertz CT molecular complexity index is 438. The first kappa shape index (κ1) is 12.2. The third-order valence-electron chi connectivity index (χ3n) is 3.84. The Balaban J connectivity index is 1.82. The lowest BCUT2D eigenvalue weighted by molar-refractivity contribution is 0.230. The van der Waals surface area contributed by atoms with Crippen LogP contribution in [0.4, 0.5) is 11.8 Å². The molecule has 0 amide bonds. The summed E-state index contributed by atoms with van der Waals surface area (Å²) in [7, 11) is 1.85. The minimum Gasteiger partial charge on any atom is -0.357 e. The third kappa shape index (κ3) is 2.19. The molecule has 6 heteroatoms. The lowest BCUT2D eigenvalue weighted by atomic mass is 10.1. The van der Waals surface area contributed by atoms with Crippen molar-refractivity contribution in [3.63, 3.8) is 0 Å². The predicted octanol–water partition coefficient (Wildman–Crippen LogP) is 1.57. The van der Waals surface area contributed by atoms with Crippen LogP contribution in [0.25, 0.3) is 0 Å². The summed E-state index contributed by atoms with van der Waals surface area (Å²) in [5.74, 6) is 1.70. The van der Waals surface area contributed by atoms with Crippen LogP contribution in [-0.4, -0.2) is 54.1 Å². The Kier molecular flexibility index (Phi) is 3.39. The monoisotopic (exact) mass is 311 g/mol. The summed E-state index contributed by atoms with van der Waals surface area (Å²) >= 11 is 3.56. The van der Waals surface area contributed by atoms with Crippen molar-refractivity contribution >= 4 is 27.7 Å². The Hall–Kier alpha value is -0.880. The SMILES string of the molecule is CNc1ncc(Br)c(N2CCN3CCCC3C2)n1. The molecule has 2 aliphatic heterocycles. The molecule has 2 aliphatic rings. The Morgan fingerprint density at radius 1 is 1.39 bits per heavy atom. The number of nitrogens with zero attached hydrogens (tertiary/aromatic N) is 4. The van der Waals surface area contributed by atoms with E-state index in [2.05, 4.69) is 41.0 Å². The largest absolute Gasteiger partial charge is 0.357 e. The summed E-state index contributed by atoms with van der Waals surface area (Å²) in [6.45, 7) is 4.55. The van der Waals surface area contributed by atoms with E-state index in [0.29, 0.717) is 12.0 Å². The van der Waals surface area contributed by atoms with Crippen LogP contribution >= 0.6 is 15.9 Å². The van der Waals surface area contributed by atoms with Gasteiger partial charge in [-0.2, -0.15) is 4.98 Å². The molecule has 3 rings (SSSR count). The maximum Gasteiger partial charge on any atom is 0.224 e. The minimum absolute atomic E-state index is 0.682. The van der Waals surface area contributed by atoms with E-state index < -0.39 is 0 Å². The molecule has 0 radical (unpaired) electrons. The van der Waals surface area contributed by atoms with E-state index >= 15 is 0 Å². The first-order valence-electron chi connectivity index (χ1n) is 6.47. The lowest BCUT2D eigenvalue weighted by Crippen LogP contribution is -2.50. The van der Waals surface area contributed by atoms with Crippen molar-refractivity contribution in [2.75, 3.05) is 43.4 Å². The number of aromatic nitrogens is 2. The second-order valence-corrected chi connectivity index (χ2v) is 5.75. The van der Waals surface area contributed by atoms with E-state index in [1.807, 2.05) is 13.2 Å². The van der Waals surface area contributed by atoms with Gasteiger partial charge in [0.2, 0.25) is 5.95 Å². The maximum absolute atomic E-state index is 4.57. The van der Waals surface area contributed by atoms with Crippen molar-refractivity contribution < 1.29 is 0 Å². The zero-order valence-electron chi connectivity index (χ0n) is 10.6. The molecule has 5 nitrogen and oxygen atoms in total. The quantitative estimate of drug-likeness (QED) is 0.898. The molecule has 1 aromatic rings. The number of nitrogens with one attached hydrogen (secondary N) is 1. The standard InChI is InChI=1S/C12H18BrN5/c1-14-12-15-7-10(13)11(16-12)18-6-5-17-4-2-3-9(17)8-18/h7,9H,2-6,8H2,1H3,(H,14,15,16). The molecule has 1 unspecified atom stereocenters. The molecule has 98 valence electrons. The van der Waals surface area contributed by atoms with Crippen molar-refractivity contribution in [2.24, 2.45) is 0 Å². The Labute approximate surface area is 116 Å². The molecule has 3 heterocycles.